The molecule has 2 aliphatic rings. The van der Waals surface area contributed by atoms with Crippen molar-refractivity contribution in [2.24, 2.45) is 0 Å². The zero-order valence-electron chi connectivity index (χ0n) is 15.5. The Balaban J connectivity index is 1.56. The minimum absolute atomic E-state index is 0.422. The predicted molar refractivity (Wildman–Crippen MR) is 98.9 cm³/mol. The summed E-state index contributed by atoms with van der Waals surface area (Å²) < 4.78 is 0. The van der Waals surface area contributed by atoms with Crippen LogP contribution in [0.1, 0.15) is 11.1 Å². The summed E-state index contributed by atoms with van der Waals surface area (Å²) in [5, 5.41) is 0. The van der Waals surface area contributed by atoms with Crippen molar-refractivity contribution in [3.63, 3.8) is 0 Å². The maximum atomic E-state index is 12.5. The normalized spacial score (nSPS) is 18.1. The molecule has 3 rings (SSSR count). The second kappa shape index (κ2) is 7.76. The summed E-state index contributed by atoms with van der Waals surface area (Å²) in [5.41, 5.74) is 3.72. The highest BCUT2D eigenvalue weighted by atomic mass is 16.2. The number of hydrogen-bond donors (Lipinski definition) is 0. The van der Waals surface area contributed by atoms with E-state index in [1.807, 2.05) is 0 Å². The van der Waals surface area contributed by atoms with Crippen LogP contribution in [-0.2, 0) is 14.4 Å². The van der Waals surface area contributed by atoms with Crippen molar-refractivity contribution >= 4 is 23.9 Å². The van der Waals surface area contributed by atoms with Gasteiger partial charge < -0.3 is 19.6 Å². The quantitative estimate of drug-likeness (QED) is 0.562. The predicted octanol–water partition coefficient (Wildman–Crippen LogP) is 0.253. The fourth-order valence-corrected chi connectivity index (χ4v) is 3.53. The maximum Gasteiger partial charge on any atom is 0.312 e. The summed E-state index contributed by atoms with van der Waals surface area (Å²) in [4.78, 5) is 42.9. The van der Waals surface area contributed by atoms with Gasteiger partial charge in [0.15, 0.2) is 0 Å². The van der Waals surface area contributed by atoms with E-state index in [1.165, 1.54) is 16.8 Å². The molecule has 3 amide bonds. The van der Waals surface area contributed by atoms with Gasteiger partial charge in [0, 0.05) is 58.0 Å². The van der Waals surface area contributed by atoms with Gasteiger partial charge in [-0.2, -0.15) is 0 Å². The summed E-state index contributed by atoms with van der Waals surface area (Å²) in [6.45, 7) is 8.58. The molecule has 1 aromatic rings. The van der Waals surface area contributed by atoms with E-state index < -0.39 is 11.8 Å². The van der Waals surface area contributed by atoms with Crippen molar-refractivity contribution in [3.05, 3.63) is 29.3 Å². The van der Waals surface area contributed by atoms with Crippen molar-refractivity contribution in [2.75, 3.05) is 57.3 Å². The fraction of sp³-hybridized carbons (Fsp3) is 0.526. The molecule has 2 heterocycles. The van der Waals surface area contributed by atoms with Crippen molar-refractivity contribution in [1.82, 2.24) is 14.7 Å². The topological polar surface area (TPSA) is 64.2 Å². The van der Waals surface area contributed by atoms with Gasteiger partial charge in [0.2, 0.25) is 6.41 Å². The molecule has 1 aromatic carbocycles. The largest absolute Gasteiger partial charge is 0.368 e. The maximum absolute atomic E-state index is 12.5. The minimum Gasteiger partial charge on any atom is -0.368 e. The Morgan fingerprint density at radius 3 is 1.92 bits per heavy atom. The first-order valence-electron chi connectivity index (χ1n) is 9.10. The number of aryl methyl sites for hydroxylation is 1. The van der Waals surface area contributed by atoms with Crippen LogP contribution in [0.5, 0.6) is 0 Å². The second-order valence-electron chi connectivity index (χ2n) is 6.93. The summed E-state index contributed by atoms with van der Waals surface area (Å²) in [5.74, 6) is -0.874. The Kier molecular flexibility index (Phi) is 5.44. The Morgan fingerprint density at radius 1 is 0.846 bits per heavy atom. The number of rotatable bonds is 2. The molecule has 0 aromatic heterocycles. The van der Waals surface area contributed by atoms with Crippen molar-refractivity contribution in [1.29, 1.82) is 0 Å². The molecule has 2 fully saturated rings. The Hall–Kier alpha value is -2.57. The van der Waals surface area contributed by atoms with Crippen LogP contribution in [-0.4, -0.2) is 85.3 Å². The van der Waals surface area contributed by atoms with Crippen molar-refractivity contribution in [3.8, 4) is 0 Å². The van der Waals surface area contributed by atoms with Crippen molar-refractivity contribution in [2.45, 2.75) is 13.8 Å². The summed E-state index contributed by atoms with van der Waals surface area (Å²) in [6.07, 6.45) is 0.788. The molecule has 2 saturated heterocycles. The molecule has 2 aliphatic heterocycles. The Morgan fingerprint density at radius 2 is 1.38 bits per heavy atom. The highest BCUT2D eigenvalue weighted by Crippen LogP contribution is 2.24. The highest BCUT2D eigenvalue weighted by molar-refractivity contribution is 6.35. The van der Waals surface area contributed by atoms with Crippen LogP contribution in [0.3, 0.4) is 0 Å². The molecular weight excluding hydrogens is 332 g/mol. The van der Waals surface area contributed by atoms with E-state index in [1.54, 1.807) is 14.7 Å². The number of amides is 3. The number of carbonyl (C=O) groups is 3. The number of benzene rings is 1. The number of hydrogen-bond acceptors (Lipinski definition) is 4. The van der Waals surface area contributed by atoms with E-state index in [-0.39, 0.29) is 0 Å². The first kappa shape index (κ1) is 18.2. The van der Waals surface area contributed by atoms with Crippen LogP contribution in [0, 0.1) is 13.8 Å². The van der Waals surface area contributed by atoms with Gasteiger partial charge in [0.1, 0.15) is 0 Å². The lowest BCUT2D eigenvalue weighted by Crippen LogP contribution is -2.56. The smallest absolute Gasteiger partial charge is 0.312 e. The molecule has 0 atom stereocenters. The highest BCUT2D eigenvalue weighted by Gasteiger charge is 2.31. The van der Waals surface area contributed by atoms with Crippen LogP contribution in [0.2, 0.25) is 0 Å². The number of carbonyl (C=O) groups excluding carboxylic acids is 3. The fourth-order valence-electron chi connectivity index (χ4n) is 3.53. The van der Waals surface area contributed by atoms with Crippen LogP contribution in [0.15, 0.2) is 18.2 Å². The summed E-state index contributed by atoms with van der Waals surface area (Å²) in [6, 6.07) is 6.26. The first-order chi connectivity index (χ1) is 12.5. The van der Waals surface area contributed by atoms with Gasteiger partial charge in [-0.15, -0.1) is 0 Å². The monoisotopic (exact) mass is 358 g/mol. The van der Waals surface area contributed by atoms with Gasteiger partial charge in [0.25, 0.3) is 0 Å². The van der Waals surface area contributed by atoms with Gasteiger partial charge in [0.05, 0.1) is 0 Å². The van der Waals surface area contributed by atoms with E-state index in [0.717, 1.165) is 19.5 Å². The lowest BCUT2D eigenvalue weighted by Gasteiger charge is -2.38. The van der Waals surface area contributed by atoms with Crippen LogP contribution in [0.4, 0.5) is 5.69 Å². The van der Waals surface area contributed by atoms with Crippen molar-refractivity contribution < 1.29 is 14.4 Å². The standard InChI is InChI=1S/C19H26N4O3/c1-15-4-3-5-17(16(15)2)21-10-12-23(13-11-21)19(26)18(25)22-8-6-20(14-24)7-9-22/h3-5,14H,6-13H2,1-2H3. The van der Waals surface area contributed by atoms with E-state index >= 15 is 0 Å². The van der Waals surface area contributed by atoms with E-state index in [0.29, 0.717) is 39.3 Å². The van der Waals surface area contributed by atoms with Gasteiger partial charge in [-0.3, -0.25) is 14.4 Å². The average Bonchev–Trinajstić information content (AvgIpc) is 2.69. The third kappa shape index (κ3) is 3.66. The SMILES string of the molecule is Cc1cccc(N2CCN(C(=O)C(=O)N3CCN(C=O)CC3)CC2)c1C. The minimum atomic E-state index is -0.448. The van der Waals surface area contributed by atoms with Gasteiger partial charge in [-0.25, -0.2) is 0 Å². The van der Waals surface area contributed by atoms with E-state index in [9.17, 15) is 14.4 Å². The van der Waals surface area contributed by atoms with E-state index in [4.69, 9.17) is 0 Å². The van der Waals surface area contributed by atoms with Gasteiger partial charge in [-0.05, 0) is 31.0 Å². The Labute approximate surface area is 154 Å². The lowest BCUT2D eigenvalue weighted by atomic mass is 10.1. The van der Waals surface area contributed by atoms with Crippen LogP contribution < -0.4 is 4.90 Å². The van der Waals surface area contributed by atoms with Gasteiger partial charge in [-0.1, -0.05) is 12.1 Å². The first-order valence-corrected chi connectivity index (χ1v) is 9.10. The number of piperazine rings is 2. The molecule has 0 spiro atoms. The zero-order chi connectivity index (χ0) is 18.7. The number of nitrogens with zero attached hydrogens (tertiary/aromatic N) is 4. The van der Waals surface area contributed by atoms with Crippen LogP contribution in [0.25, 0.3) is 0 Å². The molecular formula is C19H26N4O3. The Bertz CT molecular complexity index is 690. The molecule has 7 nitrogen and oxygen atoms in total. The van der Waals surface area contributed by atoms with Gasteiger partial charge >= 0.3 is 11.8 Å². The second-order valence-corrected chi connectivity index (χ2v) is 6.93. The molecule has 0 aliphatic carbocycles. The zero-order valence-corrected chi connectivity index (χ0v) is 15.5. The molecule has 0 bridgehead atoms. The molecule has 7 heteroatoms. The molecule has 0 N–H and O–H groups in total. The third-order valence-corrected chi connectivity index (χ3v) is 5.42. The molecule has 26 heavy (non-hydrogen) atoms. The molecule has 0 saturated carbocycles. The lowest BCUT2D eigenvalue weighted by molar-refractivity contribution is -0.153. The number of anilines is 1. The summed E-state index contributed by atoms with van der Waals surface area (Å²) in [7, 11) is 0. The van der Waals surface area contributed by atoms with E-state index in [2.05, 4.69) is 36.9 Å². The molecule has 0 radical (unpaired) electrons. The molecule has 0 unspecified atom stereocenters. The van der Waals surface area contributed by atoms with Crippen LogP contribution >= 0.6 is 0 Å². The summed E-state index contributed by atoms with van der Waals surface area (Å²) >= 11 is 0. The third-order valence-electron chi connectivity index (χ3n) is 5.42. The molecule has 140 valence electrons. The average molecular weight is 358 g/mol.